The number of halogens is 2. The molecule has 1 atom stereocenters. The van der Waals surface area contributed by atoms with Crippen molar-refractivity contribution >= 4 is 29.1 Å². The number of benzene rings is 1. The number of nitrogens with one attached hydrogen (secondary N) is 1. The van der Waals surface area contributed by atoms with Crippen molar-refractivity contribution in [3.05, 3.63) is 70.8 Å². The maximum atomic E-state index is 14.4. The monoisotopic (exact) mass is 413 g/mol. The third kappa shape index (κ3) is 4.54. The minimum absolute atomic E-state index is 0.201. The highest BCUT2D eigenvalue weighted by atomic mass is 35.5. The van der Waals surface area contributed by atoms with Crippen molar-refractivity contribution in [1.29, 1.82) is 0 Å². The molecule has 1 aromatic carbocycles. The van der Waals surface area contributed by atoms with Gasteiger partial charge in [-0.05, 0) is 48.2 Å². The fourth-order valence-corrected chi connectivity index (χ4v) is 3.11. The Hall–Kier alpha value is -2.99. The minimum Gasteiger partial charge on any atom is -0.465 e. The topological polar surface area (TPSA) is 64.1 Å². The lowest BCUT2D eigenvalue weighted by Gasteiger charge is -2.18. The van der Waals surface area contributed by atoms with E-state index in [1.54, 1.807) is 18.3 Å². The average Bonchev–Trinajstić information content (AvgIpc) is 2.74. The van der Waals surface area contributed by atoms with Crippen molar-refractivity contribution < 1.29 is 13.9 Å². The summed E-state index contributed by atoms with van der Waals surface area (Å²) >= 11 is 6.04. The zero-order valence-corrected chi connectivity index (χ0v) is 17.1. The Balaban J connectivity index is 2.11. The fraction of sp³-hybridized carbons (Fsp3) is 0.227. The molecule has 7 heteroatoms. The highest BCUT2D eigenvalue weighted by molar-refractivity contribution is 6.30. The summed E-state index contributed by atoms with van der Waals surface area (Å²) in [5, 5.41) is 3.63. The van der Waals surface area contributed by atoms with Crippen molar-refractivity contribution in [2.75, 3.05) is 12.4 Å². The molecule has 0 aliphatic carbocycles. The molecule has 0 aliphatic rings. The lowest BCUT2D eigenvalue weighted by molar-refractivity contribution is 0.0601. The lowest BCUT2D eigenvalue weighted by atomic mass is 9.98. The molecule has 0 radical (unpaired) electrons. The number of hydrogen-bond acceptors (Lipinski definition) is 5. The quantitative estimate of drug-likeness (QED) is 0.503. The minimum atomic E-state index is -0.511. The van der Waals surface area contributed by atoms with Crippen LogP contribution in [0.1, 0.15) is 42.1 Å². The van der Waals surface area contributed by atoms with Gasteiger partial charge in [0.25, 0.3) is 0 Å². The van der Waals surface area contributed by atoms with Gasteiger partial charge in [0.2, 0.25) is 0 Å². The zero-order valence-electron chi connectivity index (χ0n) is 16.4. The Labute approximate surface area is 173 Å². The summed E-state index contributed by atoms with van der Waals surface area (Å²) in [7, 11) is 1.31. The number of pyridine rings is 2. The van der Waals surface area contributed by atoms with Gasteiger partial charge < -0.3 is 10.1 Å². The number of esters is 1. The second-order valence-electron chi connectivity index (χ2n) is 6.61. The molecule has 0 aliphatic heterocycles. The first-order valence-corrected chi connectivity index (χ1v) is 9.58. The van der Waals surface area contributed by atoms with Gasteiger partial charge in [0.15, 0.2) is 0 Å². The summed E-state index contributed by atoms with van der Waals surface area (Å²) in [6, 6.07) is 9.70. The van der Waals surface area contributed by atoms with Crippen LogP contribution in [-0.2, 0) is 4.74 Å². The van der Waals surface area contributed by atoms with Crippen LogP contribution in [0.4, 0.5) is 15.9 Å². The zero-order chi connectivity index (χ0) is 21.0. The molecule has 0 saturated carbocycles. The van der Waals surface area contributed by atoms with Gasteiger partial charge in [-0.3, -0.25) is 4.98 Å². The number of nitrogens with zero attached hydrogens (tertiary/aromatic N) is 2. The van der Waals surface area contributed by atoms with E-state index in [0.717, 1.165) is 12.0 Å². The summed E-state index contributed by atoms with van der Waals surface area (Å²) in [6.45, 7) is 4.15. The van der Waals surface area contributed by atoms with Gasteiger partial charge in [-0.2, -0.15) is 0 Å². The van der Waals surface area contributed by atoms with Crippen molar-refractivity contribution in [3.8, 4) is 11.3 Å². The van der Waals surface area contributed by atoms with Gasteiger partial charge in [-0.15, -0.1) is 0 Å². The molecule has 1 N–H and O–H groups in total. The fourth-order valence-electron chi connectivity index (χ4n) is 2.94. The van der Waals surface area contributed by atoms with Crippen LogP contribution in [0.25, 0.3) is 11.3 Å². The maximum Gasteiger partial charge on any atom is 0.341 e. The molecule has 3 rings (SSSR count). The van der Waals surface area contributed by atoms with Gasteiger partial charge in [-0.1, -0.05) is 31.5 Å². The molecule has 1 unspecified atom stereocenters. The molecule has 2 heterocycles. The largest absolute Gasteiger partial charge is 0.465 e. The van der Waals surface area contributed by atoms with Crippen LogP contribution in [0.3, 0.4) is 0 Å². The van der Waals surface area contributed by atoms with Crippen LogP contribution in [0.2, 0.25) is 5.02 Å². The van der Waals surface area contributed by atoms with Crippen LogP contribution >= 0.6 is 11.6 Å². The van der Waals surface area contributed by atoms with E-state index in [1.165, 1.54) is 31.5 Å². The van der Waals surface area contributed by atoms with E-state index < -0.39 is 11.8 Å². The predicted molar refractivity (Wildman–Crippen MR) is 112 cm³/mol. The van der Waals surface area contributed by atoms with Gasteiger partial charge in [0.1, 0.15) is 17.2 Å². The molecule has 150 valence electrons. The molecule has 0 saturated heterocycles. The third-order valence-corrected chi connectivity index (χ3v) is 4.99. The van der Waals surface area contributed by atoms with Crippen molar-refractivity contribution in [2.24, 2.45) is 0 Å². The van der Waals surface area contributed by atoms with Gasteiger partial charge in [0, 0.05) is 23.0 Å². The average molecular weight is 414 g/mol. The number of carbonyl (C=O) groups is 1. The standard InChI is InChI=1S/C22H21ClFN3O2/c1-4-13(2)15-6-8-19(16-11-14(23)5-7-18(16)24)26-21(15)27-20-9-10-25-12-17(20)22(28)29-3/h5-13H,4H2,1-3H3,(H,25,26,27). The van der Waals surface area contributed by atoms with E-state index in [4.69, 9.17) is 16.3 Å². The van der Waals surface area contributed by atoms with E-state index in [2.05, 4.69) is 29.1 Å². The highest BCUT2D eigenvalue weighted by Crippen LogP contribution is 2.33. The molecule has 5 nitrogen and oxygen atoms in total. The Morgan fingerprint density at radius 1 is 1.28 bits per heavy atom. The lowest BCUT2D eigenvalue weighted by Crippen LogP contribution is -2.09. The second kappa shape index (κ2) is 9.01. The van der Waals surface area contributed by atoms with E-state index in [1.807, 2.05) is 6.07 Å². The van der Waals surface area contributed by atoms with Crippen LogP contribution in [0, 0.1) is 5.82 Å². The van der Waals surface area contributed by atoms with E-state index >= 15 is 0 Å². The van der Waals surface area contributed by atoms with E-state index in [0.29, 0.717) is 27.8 Å². The number of ether oxygens (including phenoxy) is 1. The van der Waals surface area contributed by atoms with Crippen molar-refractivity contribution in [3.63, 3.8) is 0 Å². The number of rotatable bonds is 6. The number of methoxy groups -OCH3 is 1. The summed E-state index contributed by atoms with van der Waals surface area (Å²) in [4.78, 5) is 20.7. The molecular formula is C22H21ClFN3O2. The van der Waals surface area contributed by atoms with Gasteiger partial charge >= 0.3 is 5.97 Å². The summed E-state index contributed by atoms with van der Waals surface area (Å²) in [5.74, 6) is -0.190. The number of anilines is 2. The summed E-state index contributed by atoms with van der Waals surface area (Å²) < 4.78 is 19.2. The number of hydrogen-bond donors (Lipinski definition) is 1. The molecule has 0 spiro atoms. The molecule has 3 aromatic rings. The summed E-state index contributed by atoms with van der Waals surface area (Å²) in [6.07, 6.45) is 3.89. The van der Waals surface area contributed by atoms with Gasteiger partial charge in [-0.25, -0.2) is 14.2 Å². The van der Waals surface area contributed by atoms with Crippen LogP contribution in [0.5, 0.6) is 0 Å². The van der Waals surface area contributed by atoms with Crippen LogP contribution in [0.15, 0.2) is 48.8 Å². The molecule has 29 heavy (non-hydrogen) atoms. The maximum absolute atomic E-state index is 14.4. The summed E-state index contributed by atoms with van der Waals surface area (Å²) in [5.41, 5.74) is 2.48. The van der Waals surface area contributed by atoms with Gasteiger partial charge in [0.05, 0.1) is 18.5 Å². The molecule has 2 aromatic heterocycles. The Kier molecular flexibility index (Phi) is 6.44. The number of carbonyl (C=O) groups excluding carboxylic acids is 1. The Bertz CT molecular complexity index is 1040. The molecule has 0 amide bonds. The molecule has 0 bridgehead atoms. The second-order valence-corrected chi connectivity index (χ2v) is 7.04. The molecular weight excluding hydrogens is 393 g/mol. The van der Waals surface area contributed by atoms with Crippen LogP contribution in [-0.4, -0.2) is 23.0 Å². The normalized spacial score (nSPS) is 11.8. The first-order chi connectivity index (χ1) is 13.9. The smallest absolute Gasteiger partial charge is 0.341 e. The van der Waals surface area contributed by atoms with E-state index in [9.17, 15) is 9.18 Å². The third-order valence-electron chi connectivity index (χ3n) is 4.75. The molecule has 0 fully saturated rings. The number of aromatic nitrogens is 2. The predicted octanol–water partition coefficient (Wildman–Crippen LogP) is 5.98. The van der Waals surface area contributed by atoms with Crippen LogP contribution < -0.4 is 5.32 Å². The van der Waals surface area contributed by atoms with Crippen molar-refractivity contribution in [1.82, 2.24) is 9.97 Å². The highest BCUT2D eigenvalue weighted by Gasteiger charge is 2.18. The van der Waals surface area contributed by atoms with E-state index in [-0.39, 0.29) is 11.5 Å². The van der Waals surface area contributed by atoms with Crippen molar-refractivity contribution in [2.45, 2.75) is 26.2 Å². The Morgan fingerprint density at radius 3 is 2.79 bits per heavy atom. The Morgan fingerprint density at radius 2 is 2.07 bits per heavy atom. The SMILES string of the molecule is CCC(C)c1ccc(-c2cc(Cl)ccc2F)nc1Nc1ccncc1C(=O)OC. The first kappa shape index (κ1) is 20.7. The first-order valence-electron chi connectivity index (χ1n) is 9.20.